The minimum Gasteiger partial charge on any atom is -0.324 e. The van der Waals surface area contributed by atoms with Gasteiger partial charge in [0.1, 0.15) is 0 Å². The summed E-state index contributed by atoms with van der Waals surface area (Å²) in [6, 6.07) is 5.81. The van der Waals surface area contributed by atoms with Crippen molar-refractivity contribution in [2.75, 3.05) is 5.32 Å². The third-order valence-electron chi connectivity index (χ3n) is 3.91. The fourth-order valence-corrected chi connectivity index (χ4v) is 3.10. The molecule has 1 amide bonds. The minimum atomic E-state index is -0.713. The number of amides is 1. The summed E-state index contributed by atoms with van der Waals surface area (Å²) in [5, 5.41) is 2.95. The van der Waals surface area contributed by atoms with Gasteiger partial charge in [-0.2, -0.15) is 0 Å². The van der Waals surface area contributed by atoms with Gasteiger partial charge in [-0.1, -0.05) is 41.8 Å². The zero-order chi connectivity index (χ0) is 14.0. The van der Waals surface area contributed by atoms with Gasteiger partial charge in [0.25, 0.3) is 0 Å². The molecule has 3 N–H and O–H groups in total. The predicted octanol–water partition coefficient (Wildman–Crippen LogP) is 3.60. The maximum Gasteiger partial charge on any atom is 0.244 e. The van der Waals surface area contributed by atoms with Gasteiger partial charge in [0.2, 0.25) is 5.91 Å². The standard InChI is InChI=1S/C15H21BrN2O/c1-10-4-3-7-15(17,9-10)14(19)18-12-6-5-11(2)13(16)8-12/h5-6,8,10H,3-4,7,9,17H2,1-2H3,(H,18,19). The molecule has 1 fully saturated rings. The van der Waals surface area contributed by atoms with Crippen LogP contribution in [0.3, 0.4) is 0 Å². The molecule has 104 valence electrons. The van der Waals surface area contributed by atoms with Crippen molar-refractivity contribution < 1.29 is 4.79 Å². The van der Waals surface area contributed by atoms with Crippen molar-refractivity contribution in [1.29, 1.82) is 0 Å². The van der Waals surface area contributed by atoms with Gasteiger partial charge in [0, 0.05) is 10.2 Å². The van der Waals surface area contributed by atoms with E-state index in [1.807, 2.05) is 25.1 Å². The van der Waals surface area contributed by atoms with Crippen molar-refractivity contribution >= 4 is 27.5 Å². The van der Waals surface area contributed by atoms with E-state index in [9.17, 15) is 4.79 Å². The van der Waals surface area contributed by atoms with Crippen molar-refractivity contribution in [3.8, 4) is 0 Å². The van der Waals surface area contributed by atoms with Crippen molar-refractivity contribution in [2.45, 2.75) is 45.1 Å². The van der Waals surface area contributed by atoms with Gasteiger partial charge in [-0.05, 0) is 43.4 Å². The van der Waals surface area contributed by atoms with Gasteiger partial charge in [-0.15, -0.1) is 0 Å². The Morgan fingerprint density at radius 3 is 2.89 bits per heavy atom. The lowest BCUT2D eigenvalue weighted by molar-refractivity contribution is -0.122. The van der Waals surface area contributed by atoms with Gasteiger partial charge in [0.15, 0.2) is 0 Å². The average Bonchev–Trinajstić information content (AvgIpc) is 2.33. The molecule has 3 nitrogen and oxygen atoms in total. The molecule has 0 radical (unpaired) electrons. The van der Waals surface area contributed by atoms with Crippen LogP contribution in [0.15, 0.2) is 22.7 Å². The van der Waals surface area contributed by atoms with Crippen LogP contribution in [0.4, 0.5) is 5.69 Å². The summed E-state index contributed by atoms with van der Waals surface area (Å²) in [6.07, 6.45) is 3.74. The summed E-state index contributed by atoms with van der Waals surface area (Å²) in [6.45, 7) is 4.18. The molecule has 0 aromatic heterocycles. The van der Waals surface area contributed by atoms with Crippen molar-refractivity contribution in [3.63, 3.8) is 0 Å². The van der Waals surface area contributed by atoms with Crippen LogP contribution >= 0.6 is 15.9 Å². The summed E-state index contributed by atoms with van der Waals surface area (Å²) < 4.78 is 0.994. The molecule has 0 heterocycles. The molecule has 1 aromatic carbocycles. The van der Waals surface area contributed by atoms with Crippen LogP contribution in [0, 0.1) is 12.8 Å². The van der Waals surface area contributed by atoms with Crippen LogP contribution in [0.2, 0.25) is 0 Å². The topological polar surface area (TPSA) is 55.1 Å². The number of nitrogens with one attached hydrogen (secondary N) is 1. The number of benzene rings is 1. The number of anilines is 1. The van der Waals surface area contributed by atoms with Gasteiger partial charge in [-0.3, -0.25) is 4.79 Å². The third kappa shape index (κ3) is 3.37. The molecule has 1 aliphatic rings. The van der Waals surface area contributed by atoms with E-state index in [0.29, 0.717) is 5.92 Å². The first-order valence-electron chi connectivity index (χ1n) is 6.77. The maximum absolute atomic E-state index is 12.4. The Morgan fingerprint density at radius 2 is 2.26 bits per heavy atom. The van der Waals surface area contributed by atoms with E-state index in [2.05, 4.69) is 28.2 Å². The summed E-state index contributed by atoms with van der Waals surface area (Å²) >= 11 is 3.47. The summed E-state index contributed by atoms with van der Waals surface area (Å²) in [4.78, 5) is 12.4. The largest absolute Gasteiger partial charge is 0.324 e. The maximum atomic E-state index is 12.4. The molecule has 1 aromatic rings. The Kier molecular flexibility index (Phi) is 4.31. The second-order valence-electron chi connectivity index (χ2n) is 5.78. The Morgan fingerprint density at radius 1 is 1.53 bits per heavy atom. The Labute approximate surface area is 123 Å². The minimum absolute atomic E-state index is 0.0604. The molecular weight excluding hydrogens is 304 g/mol. The van der Waals surface area contributed by atoms with Crippen LogP contribution in [0.1, 0.15) is 38.2 Å². The van der Waals surface area contributed by atoms with E-state index >= 15 is 0 Å². The van der Waals surface area contributed by atoms with Gasteiger partial charge in [0.05, 0.1) is 5.54 Å². The van der Waals surface area contributed by atoms with Gasteiger partial charge < -0.3 is 11.1 Å². The monoisotopic (exact) mass is 324 g/mol. The second-order valence-corrected chi connectivity index (χ2v) is 6.63. The number of aryl methyl sites for hydroxylation is 1. The molecule has 0 aliphatic heterocycles. The highest BCUT2D eigenvalue weighted by Crippen LogP contribution is 2.31. The molecule has 0 saturated heterocycles. The number of nitrogens with two attached hydrogens (primary N) is 1. The van der Waals surface area contributed by atoms with Crippen LogP contribution in [0.25, 0.3) is 0 Å². The number of rotatable bonds is 2. The predicted molar refractivity (Wildman–Crippen MR) is 82.1 cm³/mol. The van der Waals surface area contributed by atoms with Crippen LogP contribution in [0.5, 0.6) is 0 Å². The summed E-state index contributed by atoms with van der Waals surface area (Å²) in [7, 11) is 0. The average molecular weight is 325 g/mol. The zero-order valence-electron chi connectivity index (χ0n) is 11.5. The highest BCUT2D eigenvalue weighted by Gasteiger charge is 2.37. The third-order valence-corrected chi connectivity index (χ3v) is 4.77. The fourth-order valence-electron chi connectivity index (χ4n) is 2.72. The van der Waals surface area contributed by atoms with E-state index in [-0.39, 0.29) is 5.91 Å². The van der Waals surface area contributed by atoms with E-state index in [4.69, 9.17) is 5.73 Å². The van der Waals surface area contributed by atoms with Crippen LogP contribution in [-0.4, -0.2) is 11.4 Å². The van der Waals surface area contributed by atoms with E-state index in [1.54, 1.807) is 0 Å². The number of carbonyl (C=O) groups excluding carboxylic acids is 1. The van der Waals surface area contributed by atoms with Gasteiger partial charge >= 0.3 is 0 Å². The molecule has 4 heteroatoms. The van der Waals surface area contributed by atoms with E-state index in [0.717, 1.165) is 35.0 Å². The fraction of sp³-hybridized carbons (Fsp3) is 0.533. The molecule has 1 aliphatic carbocycles. The molecule has 1 saturated carbocycles. The normalized spacial score (nSPS) is 27.1. The lowest BCUT2D eigenvalue weighted by Gasteiger charge is -2.35. The lowest BCUT2D eigenvalue weighted by atomic mass is 9.76. The zero-order valence-corrected chi connectivity index (χ0v) is 13.1. The Balaban J connectivity index is 2.09. The SMILES string of the molecule is Cc1ccc(NC(=O)C2(N)CCCC(C)C2)cc1Br. The van der Waals surface area contributed by atoms with E-state index < -0.39 is 5.54 Å². The molecule has 2 unspecified atom stereocenters. The first-order valence-corrected chi connectivity index (χ1v) is 7.56. The Bertz CT molecular complexity index is 489. The van der Waals surface area contributed by atoms with Crippen LogP contribution in [-0.2, 0) is 4.79 Å². The van der Waals surface area contributed by atoms with Crippen molar-refractivity contribution in [1.82, 2.24) is 0 Å². The second kappa shape index (κ2) is 5.63. The first-order chi connectivity index (χ1) is 8.90. The van der Waals surface area contributed by atoms with Crippen LogP contribution < -0.4 is 11.1 Å². The molecule has 0 bridgehead atoms. The highest BCUT2D eigenvalue weighted by atomic mass is 79.9. The quantitative estimate of drug-likeness (QED) is 0.873. The Hall–Kier alpha value is -0.870. The number of halogens is 1. The lowest BCUT2D eigenvalue weighted by Crippen LogP contribution is -2.53. The number of hydrogen-bond acceptors (Lipinski definition) is 2. The molecule has 2 atom stereocenters. The van der Waals surface area contributed by atoms with Crippen molar-refractivity contribution in [2.24, 2.45) is 11.7 Å². The molecule has 2 rings (SSSR count). The van der Waals surface area contributed by atoms with Gasteiger partial charge in [-0.25, -0.2) is 0 Å². The molecule has 0 spiro atoms. The summed E-state index contributed by atoms with van der Waals surface area (Å²) in [5.41, 5.74) is 7.51. The number of carbonyl (C=O) groups is 1. The first kappa shape index (κ1) is 14.5. The smallest absolute Gasteiger partial charge is 0.244 e. The van der Waals surface area contributed by atoms with E-state index in [1.165, 1.54) is 6.42 Å². The number of hydrogen-bond donors (Lipinski definition) is 2. The molecule has 19 heavy (non-hydrogen) atoms. The summed E-state index contributed by atoms with van der Waals surface area (Å²) in [5.74, 6) is 0.462. The van der Waals surface area contributed by atoms with Crippen molar-refractivity contribution in [3.05, 3.63) is 28.2 Å². The highest BCUT2D eigenvalue weighted by molar-refractivity contribution is 9.10. The molecular formula is C15H21BrN2O.